The number of aromatic nitrogens is 1. The second-order valence-corrected chi connectivity index (χ2v) is 5.68. The van der Waals surface area contributed by atoms with E-state index in [4.69, 9.17) is 5.11 Å². The van der Waals surface area contributed by atoms with Crippen LogP contribution >= 0.6 is 27.3 Å². The topological polar surface area (TPSA) is 62.2 Å². The number of carboxylic acid groups (broad SMARTS) is 1. The molecule has 94 valence electrons. The predicted molar refractivity (Wildman–Crippen MR) is 75.3 cm³/mol. The van der Waals surface area contributed by atoms with Crippen molar-refractivity contribution in [2.24, 2.45) is 0 Å². The number of carboxylic acids is 1. The summed E-state index contributed by atoms with van der Waals surface area (Å²) in [7, 11) is 0. The molecule has 0 atom stereocenters. The lowest BCUT2D eigenvalue weighted by atomic mass is 10.2. The minimum atomic E-state index is -0.942. The van der Waals surface area contributed by atoms with Crippen molar-refractivity contribution in [1.82, 2.24) is 4.98 Å². The first-order valence-electron chi connectivity index (χ1n) is 5.23. The summed E-state index contributed by atoms with van der Waals surface area (Å²) < 4.78 is 1.05. The molecule has 0 amide bonds. The van der Waals surface area contributed by atoms with Gasteiger partial charge < -0.3 is 10.4 Å². The highest BCUT2D eigenvalue weighted by Crippen LogP contribution is 2.20. The Labute approximate surface area is 117 Å². The minimum Gasteiger partial charge on any atom is -0.478 e. The zero-order chi connectivity index (χ0) is 13.1. The van der Waals surface area contributed by atoms with Gasteiger partial charge in [0.1, 0.15) is 5.82 Å². The number of hydrogen-bond donors (Lipinski definition) is 2. The maximum atomic E-state index is 10.9. The molecular formula is C12H11BrN2O2S. The van der Waals surface area contributed by atoms with Gasteiger partial charge in [-0.15, -0.1) is 11.3 Å². The molecule has 2 aromatic rings. The average molecular weight is 327 g/mol. The van der Waals surface area contributed by atoms with E-state index in [2.05, 4.69) is 26.2 Å². The van der Waals surface area contributed by atoms with Crippen LogP contribution in [0.1, 0.15) is 20.9 Å². The molecule has 18 heavy (non-hydrogen) atoms. The summed E-state index contributed by atoms with van der Waals surface area (Å²) in [5.74, 6) is -0.362. The molecule has 2 aromatic heterocycles. The van der Waals surface area contributed by atoms with Crippen molar-refractivity contribution >= 4 is 39.1 Å². The van der Waals surface area contributed by atoms with Gasteiger partial charge in [0.25, 0.3) is 0 Å². The largest absolute Gasteiger partial charge is 0.478 e. The van der Waals surface area contributed by atoms with Crippen LogP contribution < -0.4 is 5.32 Å². The Morgan fingerprint density at radius 2 is 2.28 bits per heavy atom. The first-order valence-corrected chi connectivity index (χ1v) is 6.90. The summed E-state index contributed by atoms with van der Waals surface area (Å²) >= 11 is 5.02. The third-order valence-electron chi connectivity index (χ3n) is 2.27. The summed E-state index contributed by atoms with van der Waals surface area (Å²) in [4.78, 5) is 16.3. The van der Waals surface area contributed by atoms with Gasteiger partial charge in [0.15, 0.2) is 0 Å². The van der Waals surface area contributed by atoms with Crippen molar-refractivity contribution in [3.63, 3.8) is 0 Å². The van der Waals surface area contributed by atoms with Crippen molar-refractivity contribution in [3.05, 3.63) is 44.2 Å². The Morgan fingerprint density at radius 1 is 1.50 bits per heavy atom. The standard InChI is InChI=1S/C12H11BrN2O2S/c1-7-2-8(12(16)17)3-11(15-7)14-5-10-4-9(13)6-18-10/h2-4,6H,5H2,1H3,(H,14,15)(H,16,17). The van der Waals surface area contributed by atoms with Crippen LogP contribution in [0, 0.1) is 6.92 Å². The maximum absolute atomic E-state index is 10.9. The van der Waals surface area contributed by atoms with Crippen molar-refractivity contribution < 1.29 is 9.90 Å². The van der Waals surface area contributed by atoms with Gasteiger partial charge in [-0.1, -0.05) is 0 Å². The van der Waals surface area contributed by atoms with E-state index in [1.807, 2.05) is 11.4 Å². The Bertz CT molecular complexity index is 583. The number of aromatic carboxylic acids is 1. The number of anilines is 1. The monoisotopic (exact) mass is 326 g/mol. The van der Waals surface area contributed by atoms with Gasteiger partial charge in [0, 0.05) is 20.4 Å². The van der Waals surface area contributed by atoms with Crippen LogP contribution in [-0.4, -0.2) is 16.1 Å². The van der Waals surface area contributed by atoms with Gasteiger partial charge in [-0.25, -0.2) is 9.78 Å². The molecule has 0 spiro atoms. The second-order valence-electron chi connectivity index (χ2n) is 3.77. The molecule has 6 heteroatoms. The number of thiophene rings is 1. The molecule has 0 saturated heterocycles. The number of aryl methyl sites for hydroxylation is 1. The van der Waals surface area contributed by atoms with Gasteiger partial charge >= 0.3 is 5.97 Å². The van der Waals surface area contributed by atoms with Crippen LogP contribution in [0.2, 0.25) is 0 Å². The second kappa shape index (κ2) is 5.49. The summed E-state index contributed by atoms with van der Waals surface area (Å²) in [5.41, 5.74) is 0.933. The molecule has 2 N–H and O–H groups in total. The van der Waals surface area contributed by atoms with Crippen molar-refractivity contribution in [1.29, 1.82) is 0 Å². The highest BCUT2D eigenvalue weighted by molar-refractivity contribution is 9.10. The molecule has 2 heterocycles. The zero-order valence-corrected chi connectivity index (χ0v) is 12.0. The lowest BCUT2D eigenvalue weighted by molar-refractivity contribution is 0.0696. The fourth-order valence-electron chi connectivity index (χ4n) is 1.51. The maximum Gasteiger partial charge on any atom is 0.335 e. The summed E-state index contributed by atoms with van der Waals surface area (Å²) in [6, 6.07) is 5.11. The third kappa shape index (κ3) is 3.30. The van der Waals surface area contributed by atoms with Gasteiger partial charge in [0.05, 0.1) is 12.1 Å². The molecule has 2 rings (SSSR count). The lowest BCUT2D eigenvalue weighted by Gasteiger charge is -2.06. The molecule has 0 saturated carbocycles. The molecular weight excluding hydrogens is 316 g/mol. The molecule has 0 fully saturated rings. The number of nitrogens with one attached hydrogen (secondary N) is 1. The first kappa shape index (κ1) is 13.0. The van der Waals surface area contributed by atoms with Crippen molar-refractivity contribution in [2.45, 2.75) is 13.5 Å². The van der Waals surface area contributed by atoms with E-state index in [1.165, 1.54) is 6.07 Å². The van der Waals surface area contributed by atoms with E-state index >= 15 is 0 Å². The van der Waals surface area contributed by atoms with Crippen LogP contribution in [0.25, 0.3) is 0 Å². The fraction of sp³-hybridized carbons (Fsp3) is 0.167. The highest BCUT2D eigenvalue weighted by Gasteiger charge is 2.06. The molecule has 0 aliphatic heterocycles. The number of pyridine rings is 1. The molecule has 0 unspecified atom stereocenters. The van der Waals surface area contributed by atoms with E-state index in [1.54, 1.807) is 24.3 Å². The zero-order valence-electron chi connectivity index (χ0n) is 9.61. The number of rotatable bonds is 4. The van der Waals surface area contributed by atoms with Gasteiger partial charge in [-0.05, 0) is 41.1 Å². The van der Waals surface area contributed by atoms with Crippen LogP contribution in [-0.2, 0) is 6.54 Å². The summed E-state index contributed by atoms with van der Waals surface area (Å²) in [6.45, 7) is 2.41. The van der Waals surface area contributed by atoms with E-state index in [0.717, 1.165) is 9.35 Å². The van der Waals surface area contributed by atoms with Crippen LogP contribution in [0.15, 0.2) is 28.1 Å². The minimum absolute atomic E-state index is 0.248. The van der Waals surface area contributed by atoms with Gasteiger partial charge in [-0.3, -0.25) is 0 Å². The van der Waals surface area contributed by atoms with Crippen LogP contribution in [0.3, 0.4) is 0 Å². The van der Waals surface area contributed by atoms with Crippen LogP contribution in [0.4, 0.5) is 5.82 Å². The Morgan fingerprint density at radius 3 is 2.89 bits per heavy atom. The molecule has 4 nitrogen and oxygen atoms in total. The molecule has 0 radical (unpaired) electrons. The first-order chi connectivity index (χ1) is 8.54. The van der Waals surface area contributed by atoms with E-state index in [0.29, 0.717) is 18.1 Å². The van der Waals surface area contributed by atoms with Gasteiger partial charge in [0.2, 0.25) is 0 Å². The highest BCUT2D eigenvalue weighted by atomic mass is 79.9. The number of hydrogen-bond acceptors (Lipinski definition) is 4. The van der Waals surface area contributed by atoms with Crippen molar-refractivity contribution in [3.8, 4) is 0 Å². The van der Waals surface area contributed by atoms with Crippen molar-refractivity contribution in [2.75, 3.05) is 5.32 Å². The quantitative estimate of drug-likeness (QED) is 0.902. The molecule has 0 aromatic carbocycles. The number of halogens is 1. The third-order valence-corrected chi connectivity index (χ3v) is 3.96. The summed E-state index contributed by atoms with van der Waals surface area (Å²) in [5, 5.41) is 14.1. The average Bonchev–Trinajstić information content (AvgIpc) is 2.72. The van der Waals surface area contributed by atoms with E-state index < -0.39 is 5.97 Å². The normalized spacial score (nSPS) is 10.3. The molecule has 0 bridgehead atoms. The Kier molecular flexibility index (Phi) is 3.98. The van der Waals surface area contributed by atoms with Crippen LogP contribution in [0.5, 0.6) is 0 Å². The molecule has 0 aliphatic carbocycles. The molecule has 0 aliphatic rings. The predicted octanol–water partition coefficient (Wildman–Crippen LogP) is 3.52. The van der Waals surface area contributed by atoms with Gasteiger partial charge in [-0.2, -0.15) is 0 Å². The number of carbonyl (C=O) groups is 1. The van der Waals surface area contributed by atoms with E-state index in [-0.39, 0.29) is 5.56 Å². The fourth-order valence-corrected chi connectivity index (χ4v) is 2.90. The lowest BCUT2D eigenvalue weighted by Crippen LogP contribution is -2.04. The summed E-state index contributed by atoms with van der Waals surface area (Å²) in [6.07, 6.45) is 0. The Hall–Kier alpha value is -1.40. The number of nitrogens with zero attached hydrogens (tertiary/aromatic N) is 1. The Balaban J connectivity index is 2.11. The van der Waals surface area contributed by atoms with E-state index in [9.17, 15) is 4.79 Å². The SMILES string of the molecule is Cc1cc(C(=O)O)cc(NCc2cc(Br)cs2)n1. The smallest absolute Gasteiger partial charge is 0.335 e.